The predicted molar refractivity (Wildman–Crippen MR) is 134 cm³/mol. The van der Waals surface area contributed by atoms with E-state index in [1.165, 1.54) is 0 Å². The van der Waals surface area contributed by atoms with Crippen molar-refractivity contribution >= 4 is 57.8 Å². The molecule has 1 aromatic carbocycles. The van der Waals surface area contributed by atoms with Crippen LogP contribution in [0.2, 0.25) is 10.0 Å². The van der Waals surface area contributed by atoms with Crippen molar-refractivity contribution in [3.8, 4) is 6.07 Å². The highest BCUT2D eigenvalue weighted by molar-refractivity contribution is 7.99. The molecule has 0 saturated heterocycles. The predicted octanol–water partition coefficient (Wildman–Crippen LogP) is 7.11. The molecule has 0 saturated carbocycles. The van der Waals surface area contributed by atoms with Crippen molar-refractivity contribution in [1.82, 2.24) is 0 Å². The van der Waals surface area contributed by atoms with Gasteiger partial charge >= 0.3 is 0 Å². The summed E-state index contributed by atoms with van der Waals surface area (Å²) in [5.74, 6) is 0.817. The number of anilines is 1. The molecule has 1 aromatic heterocycles. The Bertz CT molecular complexity index is 1190. The number of benzene rings is 1. The Kier molecular flexibility index (Phi) is 6.39. The second kappa shape index (κ2) is 8.79. The van der Waals surface area contributed by atoms with Gasteiger partial charge in [-0.15, -0.1) is 23.1 Å². The van der Waals surface area contributed by atoms with Gasteiger partial charge in [0.05, 0.1) is 23.2 Å². The Hall–Kier alpha value is -1.91. The summed E-state index contributed by atoms with van der Waals surface area (Å²) in [7, 11) is 0. The number of nitrogens with two attached hydrogens (primary N) is 1. The SMILES string of the molecule is CCSc1ccsc1C1C(C#N)=C(N)N(c2cc(Cl)cc(Cl)c2)C2=C1C(=O)CC(C)(C)C2. The summed E-state index contributed by atoms with van der Waals surface area (Å²) in [5.41, 5.74) is 8.96. The first-order valence-corrected chi connectivity index (χ1v) is 12.9. The summed E-state index contributed by atoms with van der Waals surface area (Å²) >= 11 is 15.9. The second-order valence-corrected chi connectivity index (χ2v) is 11.8. The Balaban J connectivity index is 2.01. The van der Waals surface area contributed by atoms with Crippen LogP contribution in [-0.2, 0) is 4.79 Å². The zero-order valence-electron chi connectivity index (χ0n) is 18.0. The first kappa shape index (κ1) is 23.3. The average Bonchev–Trinajstić information content (AvgIpc) is 3.13. The van der Waals surface area contributed by atoms with E-state index in [9.17, 15) is 10.1 Å². The van der Waals surface area contributed by atoms with Crippen molar-refractivity contribution in [2.24, 2.45) is 11.1 Å². The van der Waals surface area contributed by atoms with Gasteiger partial charge in [-0.2, -0.15) is 5.26 Å². The molecule has 0 spiro atoms. The van der Waals surface area contributed by atoms with Gasteiger partial charge in [-0.25, -0.2) is 0 Å². The quantitative estimate of drug-likeness (QED) is 0.450. The first-order valence-electron chi connectivity index (χ1n) is 10.3. The van der Waals surface area contributed by atoms with E-state index in [4.69, 9.17) is 28.9 Å². The standard InChI is InChI=1S/C24H23Cl2N3OS2/c1-4-31-19-5-6-32-22(19)20-16(12-27)23(28)29(15-8-13(25)7-14(26)9-15)17-10-24(2,3)11-18(30)21(17)20/h5-9,20H,4,10-11,28H2,1-3H3. The fraction of sp³-hybridized carbons (Fsp3) is 0.333. The van der Waals surface area contributed by atoms with Crippen LogP contribution >= 0.6 is 46.3 Å². The maximum Gasteiger partial charge on any atom is 0.162 e. The van der Waals surface area contributed by atoms with Crippen LogP contribution in [0.15, 0.2) is 57.2 Å². The normalized spacial score (nSPS) is 20.4. The number of rotatable bonds is 4. The third kappa shape index (κ3) is 4.08. The molecule has 1 unspecified atom stereocenters. The minimum atomic E-state index is -0.460. The van der Waals surface area contributed by atoms with Gasteiger partial charge in [0.15, 0.2) is 5.78 Å². The number of hydrogen-bond donors (Lipinski definition) is 1. The van der Waals surface area contributed by atoms with Gasteiger partial charge in [0.2, 0.25) is 0 Å². The van der Waals surface area contributed by atoms with E-state index in [1.807, 2.05) is 5.38 Å². The molecule has 2 N–H and O–H groups in total. The van der Waals surface area contributed by atoms with E-state index >= 15 is 0 Å². The zero-order valence-corrected chi connectivity index (χ0v) is 21.2. The minimum absolute atomic E-state index is 0.0560. The molecule has 0 amide bonds. The molecule has 2 aliphatic rings. The van der Waals surface area contributed by atoms with Crippen molar-refractivity contribution in [2.75, 3.05) is 10.7 Å². The molecule has 4 nitrogen and oxygen atoms in total. The number of allylic oxidation sites excluding steroid dienone is 3. The van der Waals surface area contributed by atoms with Crippen LogP contribution < -0.4 is 10.6 Å². The van der Waals surface area contributed by atoms with E-state index in [0.29, 0.717) is 45.5 Å². The summed E-state index contributed by atoms with van der Waals surface area (Å²) in [6, 6.07) is 9.55. The summed E-state index contributed by atoms with van der Waals surface area (Å²) in [6.45, 7) is 6.25. The minimum Gasteiger partial charge on any atom is -0.384 e. The zero-order chi connectivity index (χ0) is 23.2. The molecule has 4 rings (SSSR count). The first-order chi connectivity index (χ1) is 15.2. The average molecular weight is 505 g/mol. The van der Waals surface area contributed by atoms with Crippen LogP contribution in [-0.4, -0.2) is 11.5 Å². The molecule has 0 radical (unpaired) electrons. The van der Waals surface area contributed by atoms with E-state index in [-0.39, 0.29) is 11.2 Å². The van der Waals surface area contributed by atoms with E-state index in [1.54, 1.807) is 46.2 Å². The van der Waals surface area contributed by atoms with Crippen LogP contribution in [0.4, 0.5) is 5.69 Å². The van der Waals surface area contributed by atoms with Crippen molar-refractivity contribution in [1.29, 1.82) is 5.26 Å². The summed E-state index contributed by atoms with van der Waals surface area (Å²) in [6.07, 6.45) is 1.07. The van der Waals surface area contributed by atoms with Gasteiger partial charge in [-0.05, 0) is 47.2 Å². The van der Waals surface area contributed by atoms with E-state index in [2.05, 4.69) is 32.9 Å². The number of nitriles is 1. The van der Waals surface area contributed by atoms with Crippen molar-refractivity contribution < 1.29 is 4.79 Å². The number of halogens is 2. The molecule has 1 aliphatic carbocycles. The third-order valence-electron chi connectivity index (χ3n) is 5.71. The molecule has 166 valence electrons. The van der Waals surface area contributed by atoms with Gasteiger partial charge in [0.25, 0.3) is 0 Å². The van der Waals surface area contributed by atoms with Gasteiger partial charge in [0, 0.05) is 37.5 Å². The van der Waals surface area contributed by atoms with Gasteiger partial charge in [0.1, 0.15) is 5.82 Å². The van der Waals surface area contributed by atoms with Crippen molar-refractivity contribution in [2.45, 2.75) is 44.4 Å². The van der Waals surface area contributed by atoms with Crippen LogP contribution in [0.5, 0.6) is 0 Å². The highest BCUT2D eigenvalue weighted by atomic mass is 35.5. The van der Waals surface area contributed by atoms with E-state index < -0.39 is 5.92 Å². The number of Topliss-reactive ketones (excluding diaryl/α,β-unsaturated/α-hetero) is 1. The molecule has 0 bridgehead atoms. The lowest BCUT2D eigenvalue weighted by Crippen LogP contribution is -2.42. The molecule has 2 heterocycles. The summed E-state index contributed by atoms with van der Waals surface area (Å²) in [4.78, 5) is 17.5. The highest BCUT2D eigenvalue weighted by Crippen LogP contribution is 2.52. The molecule has 2 aromatic rings. The number of nitrogens with zero attached hydrogens (tertiary/aromatic N) is 2. The Morgan fingerprint density at radius 2 is 1.97 bits per heavy atom. The van der Waals surface area contributed by atoms with Crippen molar-refractivity contribution in [3.63, 3.8) is 0 Å². The highest BCUT2D eigenvalue weighted by Gasteiger charge is 2.45. The number of carbonyl (C=O) groups excluding carboxylic acids is 1. The molecular formula is C24H23Cl2N3OS2. The molecule has 8 heteroatoms. The topological polar surface area (TPSA) is 70.1 Å². The fourth-order valence-electron chi connectivity index (χ4n) is 4.53. The van der Waals surface area contributed by atoms with Gasteiger partial charge in [-0.3, -0.25) is 9.69 Å². The number of thiophene rings is 1. The third-order valence-corrected chi connectivity index (χ3v) is 8.21. The lowest BCUT2D eigenvalue weighted by Gasteiger charge is -2.43. The molecular weight excluding hydrogens is 481 g/mol. The number of carbonyl (C=O) groups is 1. The van der Waals surface area contributed by atoms with E-state index in [0.717, 1.165) is 21.2 Å². The smallest absolute Gasteiger partial charge is 0.162 e. The van der Waals surface area contributed by atoms with Crippen molar-refractivity contribution in [3.05, 3.63) is 67.2 Å². The molecule has 1 atom stereocenters. The Morgan fingerprint density at radius 1 is 1.28 bits per heavy atom. The fourth-order valence-corrected chi connectivity index (χ4v) is 7.09. The molecule has 32 heavy (non-hydrogen) atoms. The van der Waals surface area contributed by atoms with Crippen LogP contribution in [0, 0.1) is 16.7 Å². The molecule has 1 aliphatic heterocycles. The monoisotopic (exact) mass is 503 g/mol. The maximum atomic E-state index is 13.6. The Morgan fingerprint density at radius 3 is 2.59 bits per heavy atom. The second-order valence-electron chi connectivity index (χ2n) is 8.69. The number of thioether (sulfide) groups is 1. The summed E-state index contributed by atoms with van der Waals surface area (Å²) in [5, 5.41) is 13.1. The Labute approximate surface area is 206 Å². The maximum absolute atomic E-state index is 13.6. The summed E-state index contributed by atoms with van der Waals surface area (Å²) < 4.78 is 0. The molecule has 0 fully saturated rings. The number of ketones is 1. The van der Waals surface area contributed by atoms with Crippen LogP contribution in [0.3, 0.4) is 0 Å². The van der Waals surface area contributed by atoms with Gasteiger partial charge in [-0.1, -0.05) is 44.0 Å². The van der Waals surface area contributed by atoms with Crippen LogP contribution in [0.25, 0.3) is 0 Å². The lowest BCUT2D eigenvalue weighted by molar-refractivity contribution is -0.118. The lowest BCUT2D eigenvalue weighted by atomic mass is 9.69. The van der Waals surface area contributed by atoms with Crippen LogP contribution in [0.1, 0.15) is 44.4 Å². The van der Waals surface area contributed by atoms with Gasteiger partial charge < -0.3 is 5.73 Å². The number of hydrogen-bond acceptors (Lipinski definition) is 6. The largest absolute Gasteiger partial charge is 0.384 e.